The third-order valence-electron chi connectivity index (χ3n) is 4.72. The van der Waals surface area contributed by atoms with E-state index in [1.54, 1.807) is 49.4 Å². The molecule has 0 fully saturated rings. The van der Waals surface area contributed by atoms with Crippen LogP contribution in [0.15, 0.2) is 77.7 Å². The fraction of sp³-hybridized carbons (Fsp3) is 0.130. The summed E-state index contributed by atoms with van der Waals surface area (Å²) >= 11 is 0. The van der Waals surface area contributed by atoms with Crippen molar-refractivity contribution in [2.45, 2.75) is 18.7 Å². The Bertz CT molecular complexity index is 1190. The van der Waals surface area contributed by atoms with Crippen LogP contribution in [0, 0.1) is 19.3 Å². The van der Waals surface area contributed by atoms with Crippen LogP contribution in [0.25, 0.3) is 0 Å². The first kappa shape index (κ1) is 22.0. The molecule has 8 heteroatoms. The second-order valence-corrected chi connectivity index (χ2v) is 8.67. The number of hydrogen-bond donors (Lipinski definition) is 4. The molecule has 7 nitrogen and oxygen atoms in total. The van der Waals surface area contributed by atoms with Crippen molar-refractivity contribution in [3.63, 3.8) is 0 Å². The van der Waals surface area contributed by atoms with E-state index in [1.807, 2.05) is 25.1 Å². The molecule has 0 spiro atoms. The van der Waals surface area contributed by atoms with Gasteiger partial charge in [0.2, 0.25) is 5.91 Å². The van der Waals surface area contributed by atoms with Gasteiger partial charge in [0.1, 0.15) is 5.84 Å². The van der Waals surface area contributed by atoms with E-state index in [0.29, 0.717) is 22.5 Å². The number of benzene rings is 3. The number of anilines is 2. The predicted octanol–water partition coefficient (Wildman–Crippen LogP) is 3.66. The number of amides is 1. The normalized spacial score (nSPS) is 10.9. The monoisotopic (exact) mass is 436 g/mol. The van der Waals surface area contributed by atoms with Crippen LogP contribution in [0.1, 0.15) is 16.7 Å². The fourth-order valence-electron chi connectivity index (χ4n) is 3.01. The van der Waals surface area contributed by atoms with Gasteiger partial charge in [0.25, 0.3) is 10.0 Å². The van der Waals surface area contributed by atoms with Gasteiger partial charge in [0.05, 0.1) is 17.1 Å². The van der Waals surface area contributed by atoms with Crippen LogP contribution < -0.4 is 15.4 Å². The first-order chi connectivity index (χ1) is 14.8. The van der Waals surface area contributed by atoms with Crippen molar-refractivity contribution in [1.82, 2.24) is 5.32 Å². The van der Waals surface area contributed by atoms with Gasteiger partial charge in [-0.2, -0.15) is 0 Å². The molecular formula is C23H24N4O3S. The minimum atomic E-state index is -3.75. The molecule has 0 bridgehead atoms. The van der Waals surface area contributed by atoms with Crippen molar-refractivity contribution in [3.8, 4) is 0 Å². The van der Waals surface area contributed by atoms with Crippen LogP contribution in [0.2, 0.25) is 0 Å². The maximum atomic E-state index is 12.7. The zero-order valence-electron chi connectivity index (χ0n) is 17.3. The second-order valence-electron chi connectivity index (χ2n) is 6.99. The Kier molecular flexibility index (Phi) is 6.71. The first-order valence-electron chi connectivity index (χ1n) is 9.63. The number of sulfonamides is 1. The smallest absolute Gasteiger partial charge is 0.261 e. The molecule has 0 unspecified atom stereocenters. The lowest BCUT2D eigenvalue weighted by atomic mass is 10.1. The van der Waals surface area contributed by atoms with Gasteiger partial charge in [0.15, 0.2) is 0 Å². The maximum Gasteiger partial charge on any atom is 0.261 e. The zero-order valence-corrected chi connectivity index (χ0v) is 18.1. The molecule has 0 aliphatic rings. The molecule has 0 atom stereocenters. The summed E-state index contributed by atoms with van der Waals surface area (Å²) in [4.78, 5) is 12.6. The van der Waals surface area contributed by atoms with Crippen LogP contribution in [0.3, 0.4) is 0 Å². The summed E-state index contributed by atoms with van der Waals surface area (Å²) in [6.45, 7) is 3.48. The van der Waals surface area contributed by atoms with Gasteiger partial charge in [-0.05, 0) is 43.2 Å². The number of rotatable bonds is 7. The van der Waals surface area contributed by atoms with Gasteiger partial charge < -0.3 is 10.6 Å². The average molecular weight is 437 g/mol. The molecule has 0 radical (unpaired) electrons. The number of hydrogen-bond acceptors (Lipinski definition) is 4. The number of aryl methyl sites for hydroxylation is 1. The van der Waals surface area contributed by atoms with E-state index in [2.05, 4.69) is 15.4 Å². The molecule has 0 heterocycles. The Morgan fingerprint density at radius 3 is 2.16 bits per heavy atom. The largest absolute Gasteiger partial charge is 0.361 e. The minimum absolute atomic E-state index is 0.0907. The number of nitrogens with one attached hydrogen (secondary N) is 4. The Labute approximate surface area is 182 Å². The Morgan fingerprint density at radius 1 is 0.903 bits per heavy atom. The highest BCUT2D eigenvalue weighted by Gasteiger charge is 2.17. The highest BCUT2D eigenvalue weighted by molar-refractivity contribution is 7.92. The summed E-state index contributed by atoms with van der Waals surface area (Å²) < 4.78 is 27.9. The van der Waals surface area contributed by atoms with Crippen molar-refractivity contribution in [2.24, 2.45) is 0 Å². The summed E-state index contributed by atoms with van der Waals surface area (Å²) in [6, 6.07) is 20.6. The number of carbonyl (C=O) groups excluding carboxylic acids is 1. The molecular weight excluding hydrogens is 412 g/mol. The maximum absolute atomic E-state index is 12.7. The molecule has 3 aromatic rings. The summed E-state index contributed by atoms with van der Waals surface area (Å²) in [7, 11) is -3.75. The van der Waals surface area contributed by atoms with E-state index in [4.69, 9.17) is 5.41 Å². The van der Waals surface area contributed by atoms with E-state index in [9.17, 15) is 13.2 Å². The van der Waals surface area contributed by atoms with Crippen LogP contribution in [0.4, 0.5) is 11.4 Å². The SMILES string of the molecule is Cc1ccc(NS(=O)(=O)c2ccccc2)c(C)c1NC(=O)CNC(=N)c1ccccc1. The van der Waals surface area contributed by atoms with Crippen molar-refractivity contribution in [1.29, 1.82) is 5.41 Å². The zero-order chi connectivity index (χ0) is 22.4. The molecule has 3 rings (SSSR count). The van der Waals surface area contributed by atoms with Gasteiger partial charge in [-0.1, -0.05) is 54.6 Å². The van der Waals surface area contributed by atoms with E-state index < -0.39 is 10.0 Å². The highest BCUT2D eigenvalue weighted by atomic mass is 32.2. The lowest BCUT2D eigenvalue weighted by Crippen LogP contribution is -2.33. The summed E-state index contributed by atoms with van der Waals surface area (Å²) in [5.74, 6) is -0.191. The topological polar surface area (TPSA) is 111 Å². The molecule has 0 aromatic heterocycles. The van der Waals surface area contributed by atoms with Crippen LogP contribution in [0.5, 0.6) is 0 Å². The molecule has 0 saturated heterocycles. The molecule has 0 aliphatic carbocycles. The molecule has 3 aromatic carbocycles. The third kappa shape index (κ3) is 5.49. The second kappa shape index (κ2) is 9.44. The van der Waals surface area contributed by atoms with E-state index >= 15 is 0 Å². The molecule has 31 heavy (non-hydrogen) atoms. The molecule has 0 saturated carbocycles. The van der Waals surface area contributed by atoms with Crippen molar-refractivity contribution in [3.05, 3.63) is 89.5 Å². The van der Waals surface area contributed by atoms with E-state index in [1.165, 1.54) is 12.1 Å². The molecule has 0 aliphatic heterocycles. The first-order valence-corrected chi connectivity index (χ1v) is 11.1. The fourth-order valence-corrected chi connectivity index (χ4v) is 4.16. The highest BCUT2D eigenvalue weighted by Crippen LogP contribution is 2.29. The summed E-state index contributed by atoms with van der Waals surface area (Å²) in [5.41, 5.74) is 3.00. The number of amidine groups is 1. The van der Waals surface area contributed by atoms with Gasteiger partial charge in [0, 0.05) is 11.3 Å². The Hall–Kier alpha value is -3.65. The van der Waals surface area contributed by atoms with Crippen molar-refractivity contribution in [2.75, 3.05) is 16.6 Å². The van der Waals surface area contributed by atoms with Crippen molar-refractivity contribution >= 4 is 33.1 Å². The van der Waals surface area contributed by atoms with Crippen molar-refractivity contribution < 1.29 is 13.2 Å². The third-order valence-corrected chi connectivity index (χ3v) is 6.11. The van der Waals surface area contributed by atoms with Crippen LogP contribution in [-0.4, -0.2) is 26.7 Å². The van der Waals surface area contributed by atoms with Gasteiger partial charge >= 0.3 is 0 Å². The number of carbonyl (C=O) groups is 1. The lowest BCUT2D eigenvalue weighted by molar-refractivity contribution is -0.115. The predicted molar refractivity (Wildman–Crippen MR) is 123 cm³/mol. The quantitative estimate of drug-likeness (QED) is 0.335. The van der Waals surface area contributed by atoms with Gasteiger partial charge in [-0.25, -0.2) is 8.42 Å². The Morgan fingerprint density at radius 2 is 1.52 bits per heavy atom. The lowest BCUT2D eigenvalue weighted by Gasteiger charge is -2.17. The van der Waals surface area contributed by atoms with Crippen LogP contribution in [-0.2, 0) is 14.8 Å². The molecule has 1 amide bonds. The standard InChI is InChI=1S/C23H24N4O3S/c1-16-13-14-20(27-31(29,30)19-11-7-4-8-12-19)17(2)22(16)26-21(28)15-25-23(24)18-9-5-3-6-10-18/h3-14,27H,15H2,1-2H3,(H2,24,25)(H,26,28). The average Bonchev–Trinajstić information content (AvgIpc) is 2.78. The minimum Gasteiger partial charge on any atom is -0.361 e. The van der Waals surface area contributed by atoms with E-state index in [-0.39, 0.29) is 23.2 Å². The summed E-state index contributed by atoms with van der Waals surface area (Å²) in [5, 5.41) is 13.6. The van der Waals surface area contributed by atoms with Gasteiger partial charge in [-0.3, -0.25) is 14.9 Å². The van der Waals surface area contributed by atoms with E-state index in [0.717, 1.165) is 5.56 Å². The van der Waals surface area contributed by atoms with Gasteiger partial charge in [-0.15, -0.1) is 0 Å². The molecule has 4 N–H and O–H groups in total. The summed E-state index contributed by atoms with van der Waals surface area (Å²) in [6.07, 6.45) is 0. The van der Waals surface area contributed by atoms with Crippen LogP contribution >= 0.6 is 0 Å². The Balaban J connectivity index is 1.72. The molecule has 160 valence electrons.